The van der Waals surface area contributed by atoms with Crippen molar-refractivity contribution in [3.63, 3.8) is 0 Å². The number of hydrogen-bond acceptors (Lipinski definition) is 3. The van der Waals surface area contributed by atoms with E-state index in [0.29, 0.717) is 11.3 Å². The Hall–Kier alpha value is -2.24. The van der Waals surface area contributed by atoms with E-state index in [0.717, 1.165) is 4.90 Å². The molecular formula is C13H13FN2O3. The van der Waals surface area contributed by atoms with Gasteiger partial charge in [-0.2, -0.15) is 0 Å². The number of rotatable bonds is 1. The third-order valence-corrected chi connectivity index (χ3v) is 2.83. The standard InChI is InChI=1S/C13H13FN2O3/c1-7(2)12(18)15-13(19)16-10-4-3-9(14)5-8(10)6-11(16)17/h3-5,7H,6H2,1-2H3,(H,15,18,19). The molecule has 0 radical (unpaired) electrons. The summed E-state index contributed by atoms with van der Waals surface area (Å²) in [6.45, 7) is 3.27. The molecule has 0 aliphatic carbocycles. The number of nitrogens with zero attached hydrogens (tertiary/aromatic N) is 1. The Morgan fingerprint density at radius 1 is 1.37 bits per heavy atom. The summed E-state index contributed by atoms with van der Waals surface area (Å²) in [5.74, 6) is -1.77. The predicted octanol–water partition coefficient (Wildman–Crippen LogP) is 1.61. The minimum atomic E-state index is -0.797. The number of hydrogen-bond donors (Lipinski definition) is 1. The highest BCUT2D eigenvalue weighted by Crippen LogP contribution is 2.29. The van der Waals surface area contributed by atoms with Crippen LogP contribution in [0.25, 0.3) is 0 Å². The molecule has 0 bridgehead atoms. The fraction of sp³-hybridized carbons (Fsp3) is 0.308. The van der Waals surface area contributed by atoms with E-state index in [4.69, 9.17) is 0 Å². The van der Waals surface area contributed by atoms with E-state index < -0.39 is 23.7 Å². The lowest BCUT2D eigenvalue weighted by molar-refractivity contribution is -0.122. The normalized spacial score (nSPS) is 13.7. The first-order valence-electron chi connectivity index (χ1n) is 5.86. The van der Waals surface area contributed by atoms with Gasteiger partial charge < -0.3 is 0 Å². The molecule has 0 spiro atoms. The van der Waals surface area contributed by atoms with E-state index in [1.807, 2.05) is 0 Å². The molecule has 5 nitrogen and oxygen atoms in total. The molecule has 0 aromatic heterocycles. The van der Waals surface area contributed by atoms with Crippen molar-refractivity contribution in [1.29, 1.82) is 0 Å². The number of urea groups is 1. The summed E-state index contributed by atoms with van der Waals surface area (Å²) in [5.41, 5.74) is 0.762. The lowest BCUT2D eigenvalue weighted by atomic mass is 10.1. The molecule has 4 amide bonds. The van der Waals surface area contributed by atoms with Crippen LogP contribution in [0.3, 0.4) is 0 Å². The summed E-state index contributed by atoms with van der Waals surface area (Å²) in [7, 11) is 0. The average molecular weight is 264 g/mol. The van der Waals surface area contributed by atoms with Gasteiger partial charge in [0.1, 0.15) is 5.82 Å². The van der Waals surface area contributed by atoms with Crippen molar-refractivity contribution in [2.24, 2.45) is 5.92 Å². The number of carbonyl (C=O) groups is 3. The number of fused-ring (bicyclic) bond motifs is 1. The molecule has 6 heteroatoms. The van der Waals surface area contributed by atoms with E-state index >= 15 is 0 Å². The van der Waals surface area contributed by atoms with Gasteiger partial charge in [-0.25, -0.2) is 14.1 Å². The van der Waals surface area contributed by atoms with Gasteiger partial charge in [-0.15, -0.1) is 0 Å². The Kier molecular flexibility index (Phi) is 3.33. The molecule has 1 aliphatic heterocycles. The van der Waals surface area contributed by atoms with E-state index in [9.17, 15) is 18.8 Å². The average Bonchev–Trinajstić information content (AvgIpc) is 2.63. The van der Waals surface area contributed by atoms with Crippen LogP contribution in [0, 0.1) is 11.7 Å². The summed E-state index contributed by atoms with van der Waals surface area (Å²) in [5, 5.41) is 2.14. The third-order valence-electron chi connectivity index (χ3n) is 2.83. The molecule has 0 saturated carbocycles. The van der Waals surface area contributed by atoms with Crippen LogP contribution >= 0.6 is 0 Å². The molecule has 1 N–H and O–H groups in total. The van der Waals surface area contributed by atoms with Crippen molar-refractivity contribution in [2.75, 3.05) is 4.90 Å². The summed E-state index contributed by atoms with van der Waals surface area (Å²) in [6, 6.07) is 2.94. The molecule has 1 aromatic carbocycles. The SMILES string of the molecule is CC(C)C(=O)NC(=O)N1C(=O)Cc2cc(F)ccc21. The minimum Gasteiger partial charge on any atom is -0.277 e. The zero-order valence-corrected chi connectivity index (χ0v) is 10.6. The van der Waals surface area contributed by atoms with Gasteiger partial charge in [0.15, 0.2) is 0 Å². The molecule has 1 aromatic rings. The van der Waals surface area contributed by atoms with Gasteiger partial charge in [-0.3, -0.25) is 14.9 Å². The minimum absolute atomic E-state index is 0.0453. The zero-order valence-electron chi connectivity index (χ0n) is 10.6. The van der Waals surface area contributed by atoms with Crippen molar-refractivity contribution in [2.45, 2.75) is 20.3 Å². The van der Waals surface area contributed by atoms with Gasteiger partial charge in [0.25, 0.3) is 0 Å². The zero-order chi connectivity index (χ0) is 14.2. The molecule has 2 rings (SSSR count). The number of amides is 4. The molecule has 19 heavy (non-hydrogen) atoms. The number of imide groups is 2. The molecule has 0 fully saturated rings. The Morgan fingerprint density at radius 3 is 2.68 bits per heavy atom. The smallest absolute Gasteiger partial charge is 0.277 e. The maximum absolute atomic E-state index is 13.0. The predicted molar refractivity (Wildman–Crippen MR) is 66.0 cm³/mol. The molecular weight excluding hydrogens is 251 g/mol. The summed E-state index contributed by atoms with van der Waals surface area (Å²) in [6.07, 6.45) is -0.0453. The molecule has 0 unspecified atom stereocenters. The van der Waals surface area contributed by atoms with Crippen LogP contribution in [0.15, 0.2) is 18.2 Å². The number of halogens is 1. The lowest BCUT2D eigenvalue weighted by Gasteiger charge is -2.16. The van der Waals surface area contributed by atoms with Gasteiger partial charge in [-0.05, 0) is 23.8 Å². The van der Waals surface area contributed by atoms with Gasteiger partial charge in [-0.1, -0.05) is 13.8 Å². The van der Waals surface area contributed by atoms with Crippen molar-refractivity contribution >= 4 is 23.5 Å². The van der Waals surface area contributed by atoms with Crippen molar-refractivity contribution < 1.29 is 18.8 Å². The van der Waals surface area contributed by atoms with Crippen molar-refractivity contribution in [3.8, 4) is 0 Å². The van der Waals surface area contributed by atoms with Gasteiger partial charge in [0, 0.05) is 5.92 Å². The highest BCUT2D eigenvalue weighted by Gasteiger charge is 2.33. The second-order valence-corrected chi connectivity index (χ2v) is 4.63. The maximum atomic E-state index is 13.0. The van der Waals surface area contributed by atoms with Crippen LogP contribution in [0.2, 0.25) is 0 Å². The summed E-state index contributed by atoms with van der Waals surface area (Å²) >= 11 is 0. The van der Waals surface area contributed by atoms with Crippen LogP contribution in [-0.4, -0.2) is 17.8 Å². The van der Waals surface area contributed by atoms with Crippen LogP contribution in [0.5, 0.6) is 0 Å². The lowest BCUT2D eigenvalue weighted by Crippen LogP contribution is -2.45. The van der Waals surface area contributed by atoms with Crippen LogP contribution < -0.4 is 10.2 Å². The van der Waals surface area contributed by atoms with Crippen molar-refractivity contribution in [1.82, 2.24) is 5.32 Å². The maximum Gasteiger partial charge on any atom is 0.335 e. The first-order valence-corrected chi connectivity index (χ1v) is 5.86. The number of nitrogens with one attached hydrogen (secondary N) is 1. The van der Waals surface area contributed by atoms with E-state index in [1.165, 1.54) is 18.2 Å². The molecule has 0 atom stereocenters. The van der Waals surface area contributed by atoms with Gasteiger partial charge >= 0.3 is 6.03 Å². The topological polar surface area (TPSA) is 66.5 Å². The third kappa shape index (κ3) is 2.47. The monoisotopic (exact) mass is 264 g/mol. The van der Waals surface area contributed by atoms with Crippen molar-refractivity contribution in [3.05, 3.63) is 29.6 Å². The number of anilines is 1. The second kappa shape index (κ2) is 4.79. The van der Waals surface area contributed by atoms with Crippen LogP contribution in [-0.2, 0) is 16.0 Å². The summed E-state index contributed by atoms with van der Waals surface area (Å²) in [4.78, 5) is 36.0. The highest BCUT2D eigenvalue weighted by atomic mass is 19.1. The largest absolute Gasteiger partial charge is 0.335 e. The number of carbonyl (C=O) groups excluding carboxylic acids is 3. The fourth-order valence-corrected chi connectivity index (χ4v) is 1.82. The molecule has 1 heterocycles. The first kappa shape index (κ1) is 13.2. The Labute approximate surface area is 109 Å². The highest BCUT2D eigenvalue weighted by molar-refractivity contribution is 6.21. The Morgan fingerprint density at radius 2 is 2.05 bits per heavy atom. The first-order chi connectivity index (χ1) is 8.90. The molecule has 1 aliphatic rings. The van der Waals surface area contributed by atoms with E-state index in [2.05, 4.69) is 5.32 Å². The Bertz CT molecular complexity index is 569. The quantitative estimate of drug-likeness (QED) is 0.838. The fourth-order valence-electron chi connectivity index (χ4n) is 1.82. The van der Waals surface area contributed by atoms with E-state index in [-0.39, 0.29) is 12.3 Å². The van der Waals surface area contributed by atoms with E-state index in [1.54, 1.807) is 13.8 Å². The van der Waals surface area contributed by atoms with Crippen LogP contribution in [0.4, 0.5) is 14.9 Å². The number of benzene rings is 1. The van der Waals surface area contributed by atoms with Gasteiger partial charge in [0.05, 0.1) is 12.1 Å². The second-order valence-electron chi connectivity index (χ2n) is 4.63. The van der Waals surface area contributed by atoms with Gasteiger partial charge in [0.2, 0.25) is 11.8 Å². The molecule has 0 saturated heterocycles. The Balaban J connectivity index is 2.25. The van der Waals surface area contributed by atoms with Crippen LogP contribution in [0.1, 0.15) is 19.4 Å². The summed E-state index contributed by atoms with van der Waals surface area (Å²) < 4.78 is 13.0. The molecule has 100 valence electrons.